The van der Waals surface area contributed by atoms with Gasteiger partial charge in [0.15, 0.2) is 0 Å². The summed E-state index contributed by atoms with van der Waals surface area (Å²) in [6.07, 6.45) is 5.41. The predicted octanol–water partition coefficient (Wildman–Crippen LogP) is 2.88. The van der Waals surface area contributed by atoms with E-state index in [1.807, 2.05) is 17.0 Å². The number of benzene rings is 1. The van der Waals surface area contributed by atoms with Crippen molar-refractivity contribution in [1.29, 1.82) is 0 Å². The first-order valence-electron chi connectivity index (χ1n) is 9.12. The molecule has 1 aromatic heterocycles. The third kappa shape index (κ3) is 4.35. The zero-order valence-corrected chi connectivity index (χ0v) is 14.8. The second-order valence-corrected chi connectivity index (χ2v) is 6.56. The van der Waals surface area contributed by atoms with Crippen LogP contribution in [0.25, 0.3) is 11.3 Å². The maximum absolute atomic E-state index is 12.5. The van der Waals surface area contributed by atoms with Crippen molar-refractivity contribution in [2.24, 2.45) is 0 Å². The van der Waals surface area contributed by atoms with Gasteiger partial charge in [0.05, 0.1) is 5.69 Å². The van der Waals surface area contributed by atoms with Crippen LogP contribution in [0.15, 0.2) is 41.2 Å². The molecular weight excluding hydrogens is 314 g/mol. The van der Waals surface area contributed by atoms with Crippen LogP contribution in [0.2, 0.25) is 0 Å². The van der Waals surface area contributed by atoms with Crippen molar-refractivity contribution in [3.05, 3.63) is 52.3 Å². The molecular formula is C20H25N3O2. The van der Waals surface area contributed by atoms with Crippen molar-refractivity contribution in [1.82, 2.24) is 14.7 Å². The normalized spacial score (nSPS) is 15.0. The first-order chi connectivity index (χ1) is 12.2. The van der Waals surface area contributed by atoms with Gasteiger partial charge in [-0.1, -0.05) is 44.0 Å². The fourth-order valence-corrected chi connectivity index (χ4v) is 3.18. The highest BCUT2D eigenvalue weighted by Gasteiger charge is 2.17. The summed E-state index contributed by atoms with van der Waals surface area (Å²) >= 11 is 0. The van der Waals surface area contributed by atoms with Crippen LogP contribution in [0.1, 0.15) is 38.2 Å². The first kappa shape index (κ1) is 17.4. The number of rotatable bonds is 4. The van der Waals surface area contributed by atoms with Crippen LogP contribution in [-0.4, -0.2) is 33.7 Å². The minimum Gasteiger partial charge on any atom is -0.341 e. The highest BCUT2D eigenvalue weighted by atomic mass is 16.2. The lowest BCUT2D eigenvalue weighted by atomic mass is 10.1. The molecule has 3 rings (SSSR count). The molecule has 0 saturated carbocycles. The predicted molar refractivity (Wildman–Crippen MR) is 98.4 cm³/mol. The van der Waals surface area contributed by atoms with Gasteiger partial charge in [-0.15, -0.1) is 0 Å². The van der Waals surface area contributed by atoms with E-state index in [-0.39, 0.29) is 18.0 Å². The second-order valence-electron chi connectivity index (χ2n) is 6.56. The molecule has 1 fully saturated rings. The average molecular weight is 339 g/mol. The van der Waals surface area contributed by atoms with Crippen molar-refractivity contribution in [3.63, 3.8) is 0 Å². The molecule has 1 saturated heterocycles. The second kappa shape index (κ2) is 8.10. The Balaban J connectivity index is 1.78. The van der Waals surface area contributed by atoms with Crippen molar-refractivity contribution < 1.29 is 4.79 Å². The Kier molecular flexibility index (Phi) is 5.64. The van der Waals surface area contributed by atoms with Crippen LogP contribution in [-0.2, 0) is 17.8 Å². The molecule has 1 aliphatic rings. The van der Waals surface area contributed by atoms with Gasteiger partial charge in [-0.3, -0.25) is 9.59 Å². The van der Waals surface area contributed by atoms with Gasteiger partial charge >= 0.3 is 0 Å². The average Bonchev–Trinajstić information content (AvgIpc) is 2.93. The van der Waals surface area contributed by atoms with Gasteiger partial charge in [-0.2, -0.15) is 5.10 Å². The fraction of sp³-hybridized carbons (Fsp3) is 0.450. The molecule has 132 valence electrons. The van der Waals surface area contributed by atoms with Crippen LogP contribution >= 0.6 is 0 Å². The highest BCUT2D eigenvalue weighted by molar-refractivity contribution is 5.76. The van der Waals surface area contributed by atoms with Crippen LogP contribution < -0.4 is 5.56 Å². The molecule has 0 atom stereocenters. The number of carbonyl (C=O) groups is 1. The molecule has 2 heterocycles. The van der Waals surface area contributed by atoms with E-state index in [0.29, 0.717) is 5.69 Å². The lowest BCUT2D eigenvalue weighted by Gasteiger charge is -2.20. The van der Waals surface area contributed by atoms with E-state index in [9.17, 15) is 9.59 Å². The SMILES string of the molecule is CCc1ccc(-c2ccc(=O)n(CC(=O)N3CCCCCC3)n2)cc1. The van der Waals surface area contributed by atoms with Crippen molar-refractivity contribution in [2.75, 3.05) is 13.1 Å². The molecule has 0 unspecified atom stereocenters. The van der Waals surface area contributed by atoms with E-state index < -0.39 is 0 Å². The number of hydrogen-bond acceptors (Lipinski definition) is 3. The molecule has 0 aliphatic carbocycles. The molecule has 1 amide bonds. The quantitative estimate of drug-likeness (QED) is 0.861. The molecule has 5 nitrogen and oxygen atoms in total. The summed E-state index contributed by atoms with van der Waals surface area (Å²) in [7, 11) is 0. The van der Waals surface area contributed by atoms with Crippen LogP contribution in [0.4, 0.5) is 0 Å². The standard InChI is InChI=1S/C20H25N3O2/c1-2-16-7-9-17(10-8-16)18-11-12-19(24)23(21-18)15-20(25)22-13-5-3-4-6-14-22/h7-12H,2-6,13-15H2,1H3. The molecule has 1 aromatic carbocycles. The summed E-state index contributed by atoms with van der Waals surface area (Å²) < 4.78 is 1.29. The van der Waals surface area contributed by atoms with Gasteiger partial charge in [0.2, 0.25) is 5.91 Å². The number of likely N-dealkylation sites (tertiary alicyclic amines) is 1. The Morgan fingerprint density at radius 2 is 1.68 bits per heavy atom. The number of amides is 1. The summed E-state index contributed by atoms with van der Waals surface area (Å²) in [6, 6.07) is 11.4. The van der Waals surface area contributed by atoms with Gasteiger partial charge in [-0.05, 0) is 30.9 Å². The molecule has 1 aliphatic heterocycles. The molecule has 0 bridgehead atoms. The Labute approximate surface area is 148 Å². The molecule has 2 aromatic rings. The molecule has 0 N–H and O–H groups in total. The topological polar surface area (TPSA) is 55.2 Å². The fourth-order valence-electron chi connectivity index (χ4n) is 3.18. The third-order valence-corrected chi connectivity index (χ3v) is 4.77. The van der Waals surface area contributed by atoms with Crippen LogP contribution in [0.3, 0.4) is 0 Å². The number of nitrogens with zero attached hydrogens (tertiary/aromatic N) is 3. The smallest absolute Gasteiger partial charge is 0.267 e. The number of aryl methyl sites for hydroxylation is 1. The minimum atomic E-state index is -0.239. The number of hydrogen-bond donors (Lipinski definition) is 0. The Morgan fingerprint density at radius 1 is 1.00 bits per heavy atom. The Bertz CT molecular complexity index is 772. The number of carbonyl (C=O) groups excluding carboxylic acids is 1. The van der Waals surface area contributed by atoms with E-state index in [4.69, 9.17) is 0 Å². The molecule has 5 heteroatoms. The highest BCUT2D eigenvalue weighted by Crippen LogP contribution is 2.16. The molecule has 0 radical (unpaired) electrons. The van der Waals surface area contributed by atoms with E-state index in [0.717, 1.165) is 37.9 Å². The van der Waals surface area contributed by atoms with E-state index in [2.05, 4.69) is 24.2 Å². The van der Waals surface area contributed by atoms with Gasteiger partial charge in [0.1, 0.15) is 6.54 Å². The van der Waals surface area contributed by atoms with Crippen molar-refractivity contribution in [3.8, 4) is 11.3 Å². The minimum absolute atomic E-state index is 0.0136. The summed E-state index contributed by atoms with van der Waals surface area (Å²) in [5, 5.41) is 4.41. The Hall–Kier alpha value is -2.43. The van der Waals surface area contributed by atoms with Crippen molar-refractivity contribution in [2.45, 2.75) is 45.6 Å². The van der Waals surface area contributed by atoms with E-state index >= 15 is 0 Å². The summed E-state index contributed by atoms with van der Waals surface area (Å²) in [5.41, 5.74) is 2.68. The Morgan fingerprint density at radius 3 is 2.32 bits per heavy atom. The zero-order chi connectivity index (χ0) is 17.6. The van der Waals surface area contributed by atoms with E-state index in [1.54, 1.807) is 6.07 Å². The lowest BCUT2D eigenvalue weighted by molar-refractivity contribution is -0.132. The number of aromatic nitrogens is 2. The van der Waals surface area contributed by atoms with Gasteiger partial charge in [-0.25, -0.2) is 4.68 Å². The van der Waals surface area contributed by atoms with E-state index in [1.165, 1.54) is 29.2 Å². The van der Waals surface area contributed by atoms with Gasteiger partial charge in [0, 0.05) is 24.7 Å². The summed E-state index contributed by atoms with van der Waals surface area (Å²) in [4.78, 5) is 26.5. The summed E-state index contributed by atoms with van der Waals surface area (Å²) in [6.45, 7) is 3.69. The van der Waals surface area contributed by atoms with Gasteiger partial charge in [0.25, 0.3) is 5.56 Å². The maximum atomic E-state index is 12.5. The molecule has 25 heavy (non-hydrogen) atoms. The van der Waals surface area contributed by atoms with Gasteiger partial charge < -0.3 is 4.90 Å². The maximum Gasteiger partial charge on any atom is 0.267 e. The first-order valence-corrected chi connectivity index (χ1v) is 9.12. The third-order valence-electron chi connectivity index (χ3n) is 4.77. The summed E-state index contributed by atoms with van der Waals surface area (Å²) in [5.74, 6) is -0.0185. The largest absolute Gasteiger partial charge is 0.341 e. The molecule has 0 spiro atoms. The van der Waals surface area contributed by atoms with Crippen LogP contribution in [0.5, 0.6) is 0 Å². The van der Waals surface area contributed by atoms with Crippen molar-refractivity contribution >= 4 is 5.91 Å². The van der Waals surface area contributed by atoms with Crippen LogP contribution in [0, 0.1) is 0 Å². The monoisotopic (exact) mass is 339 g/mol. The lowest BCUT2D eigenvalue weighted by Crippen LogP contribution is -2.37. The zero-order valence-electron chi connectivity index (χ0n) is 14.8.